The average molecular weight is 1770 g/mol. The van der Waals surface area contributed by atoms with Gasteiger partial charge in [0, 0.05) is 35.1 Å². The van der Waals surface area contributed by atoms with Crippen molar-refractivity contribution < 1.29 is 79.8 Å². The number of rotatable bonds is 22. The van der Waals surface area contributed by atoms with Crippen molar-refractivity contribution in [2.24, 2.45) is 23.7 Å². The lowest BCUT2D eigenvalue weighted by atomic mass is 9.92. The quantitative estimate of drug-likeness (QED) is 0.0310. The maximum atomic E-state index is 13.9. The predicted octanol–water partition coefficient (Wildman–Crippen LogP) is 14.9. The van der Waals surface area contributed by atoms with E-state index in [-0.39, 0.29) is 85.0 Å². The Bertz CT molecular complexity index is 6070. The summed E-state index contributed by atoms with van der Waals surface area (Å²) in [6.45, 7) is 18.8. The molecule has 17 rings (SSSR count). The van der Waals surface area contributed by atoms with E-state index in [9.17, 15) is 55.7 Å². The predicted molar refractivity (Wildman–Crippen MR) is 464 cm³/mol. The molecular formula is C94H94F6N18O11. The van der Waals surface area contributed by atoms with Gasteiger partial charge in [-0.25, -0.2) is 96.1 Å². The fourth-order valence-corrected chi connectivity index (χ4v) is 14.4. The molecule has 9 N–H and O–H groups in total. The normalized spacial score (nSPS) is 18.9. The fraction of sp³-hybridized carbons (Fsp3) is 0.277. The standard InChI is InChI=1S/C22H20F2N4O2.C22H21FN4O2.2C17H17FN2O3.C6H8N2O.C5H5FN2.C5H6N2/c1-13-19(11-25-14(2)27-13)30-12-16-9-22(16,15-4-3-5-17(23)8-15)21(29)28-20-7-6-18(24)10-26-20;1-14-19(12-25-15(2)26-14)29-13-22(16-6-5-7-17(23)10-16)11-18(22)21(28)27-20-8-3-4-9-24-20;1-10-15(8-19-11(2)20-10)23-9-13-7-17(13,16(21)22)12-4-3-5-14(18)6-12;1-10-15(8-19-11(2)20-10)23-9-17(7-14(17)16(21)22)12-4-3-5-13(18)6-12;1-4-6(9)3-7-5(2)8-4;6-4-1-2-5(7)8-3-4;6-5-3-1-2-4-7-5/h3-8,10-11,16H,9,12H2,1-2H3,(H,26,28,29);3-10,12,18H,11,13H2,1-2H3,(H,24,27,28);3-6,8,13H,7,9H2,1-2H3,(H,21,22);3-6,8,14H,7,9H2,1-2H3,(H,21,22);3,9H,1-2H3;1-3H,(H2,7,8);1-4H,(H2,6,7)/t16-,22+;18-,22+;13-,17+;14-,17+;;;/m0000.../s1. The van der Waals surface area contributed by atoms with Gasteiger partial charge in [-0.15, -0.1) is 0 Å². The second-order valence-corrected chi connectivity index (χ2v) is 31.0. The molecule has 4 fully saturated rings. The van der Waals surface area contributed by atoms with Crippen LogP contribution in [0.4, 0.5) is 49.6 Å². The van der Waals surface area contributed by atoms with Crippen LogP contribution in [0.2, 0.25) is 0 Å². The number of pyridine rings is 4. The first kappa shape index (κ1) is 94.6. The SMILES string of the molecule is Cc1ncc(O)c(C)n1.Cc1ncc(OC[C@@H]2C[C@@]2(C(=O)Nc2ccc(F)cn2)c2cccc(F)c2)c(C)n1.Cc1ncc(OC[C@@H]2C[C@@]2(C(=O)O)c2cccc(F)c2)c(C)n1.Cc1ncc(OC[C@@]2(c3cccc(F)c3)C[C@H]2C(=O)Nc2ccccn2)c(C)n1.Cc1ncc(OC[C@@]2(c3cccc(F)c3)C[C@H]2C(=O)O)c(C)n1.Nc1ccc(F)cn1.Nc1ccccn1. The number of ether oxygens (including phenoxy) is 4. The molecule has 4 aliphatic carbocycles. The molecule has 29 nitrogen and oxygen atoms in total. The number of carboxylic acids is 2. The average Bonchev–Trinajstić information content (AvgIpc) is 1.56. The highest BCUT2D eigenvalue weighted by Gasteiger charge is 2.64. The largest absolute Gasteiger partial charge is 0.504 e. The summed E-state index contributed by atoms with van der Waals surface area (Å²) in [5.74, 6) is 1.14. The number of benzene rings is 4. The second-order valence-electron chi connectivity index (χ2n) is 31.0. The number of amides is 2. The number of hydrogen-bond donors (Lipinski definition) is 7. The highest BCUT2D eigenvalue weighted by molar-refractivity contribution is 6.01. The zero-order chi connectivity index (χ0) is 92.9. The maximum Gasteiger partial charge on any atom is 0.314 e. The van der Waals surface area contributed by atoms with Gasteiger partial charge < -0.3 is 56.4 Å². The number of carbonyl (C=O) groups is 4. The molecule has 0 radical (unpaired) electrons. The Balaban J connectivity index is 0.000000153. The lowest BCUT2D eigenvalue weighted by Crippen LogP contribution is -2.31. The van der Waals surface area contributed by atoms with Crippen LogP contribution in [0, 0.1) is 128 Å². The van der Waals surface area contributed by atoms with Gasteiger partial charge in [0.25, 0.3) is 0 Å². The molecule has 2 amide bonds. The second kappa shape index (κ2) is 42.3. The number of nitrogens with zero attached hydrogens (tertiary/aromatic N) is 14. The summed E-state index contributed by atoms with van der Waals surface area (Å²) >= 11 is 0. The van der Waals surface area contributed by atoms with E-state index in [1.807, 2.05) is 45.9 Å². The highest BCUT2D eigenvalue weighted by Crippen LogP contribution is 2.58. The molecule has 13 aromatic rings. The summed E-state index contributed by atoms with van der Waals surface area (Å²) in [4.78, 5) is 106. The van der Waals surface area contributed by atoms with Crippen LogP contribution in [-0.2, 0) is 40.8 Å². The van der Waals surface area contributed by atoms with E-state index >= 15 is 0 Å². The van der Waals surface area contributed by atoms with Crippen molar-refractivity contribution in [2.45, 2.75) is 117 Å². The molecule has 0 bridgehead atoms. The number of aromatic nitrogens is 14. The van der Waals surface area contributed by atoms with Gasteiger partial charge in [0.05, 0.1) is 121 Å². The van der Waals surface area contributed by atoms with Gasteiger partial charge in [-0.05, 0) is 214 Å². The van der Waals surface area contributed by atoms with Crippen LogP contribution in [0.1, 0.15) is 106 Å². The number of hydrogen-bond acceptors (Lipinski definition) is 25. The molecule has 129 heavy (non-hydrogen) atoms. The molecule has 0 saturated heterocycles. The molecule has 668 valence electrons. The van der Waals surface area contributed by atoms with Crippen LogP contribution in [-0.4, -0.2) is 135 Å². The number of aliphatic carboxylic acids is 2. The number of aromatic hydroxyl groups is 1. The molecular weight excluding hydrogens is 1670 g/mol. The first-order valence-electron chi connectivity index (χ1n) is 40.5. The van der Waals surface area contributed by atoms with Gasteiger partial charge in [0.2, 0.25) is 11.8 Å². The van der Waals surface area contributed by atoms with Gasteiger partial charge in [-0.3, -0.25) is 19.2 Å². The lowest BCUT2D eigenvalue weighted by Gasteiger charge is -2.19. The minimum atomic E-state index is -1.07. The number of nitrogens with one attached hydrogen (secondary N) is 2. The van der Waals surface area contributed by atoms with Crippen LogP contribution in [0.3, 0.4) is 0 Å². The highest BCUT2D eigenvalue weighted by atomic mass is 19.1. The number of aryl methyl sites for hydroxylation is 10. The summed E-state index contributed by atoms with van der Waals surface area (Å²) in [5.41, 5.74) is 13.0. The molecule has 0 unspecified atom stereocenters. The summed E-state index contributed by atoms with van der Waals surface area (Å²) in [6, 6.07) is 40.2. The van der Waals surface area contributed by atoms with Crippen molar-refractivity contribution in [1.29, 1.82) is 0 Å². The van der Waals surface area contributed by atoms with Crippen LogP contribution in [0.25, 0.3) is 0 Å². The minimum Gasteiger partial charge on any atom is -0.504 e. The van der Waals surface area contributed by atoms with Crippen molar-refractivity contribution in [3.63, 3.8) is 0 Å². The maximum absolute atomic E-state index is 13.9. The van der Waals surface area contributed by atoms with Gasteiger partial charge in [-0.2, -0.15) is 0 Å². The Kier molecular flexibility index (Phi) is 31.0. The van der Waals surface area contributed by atoms with E-state index in [1.54, 1.807) is 139 Å². The third-order valence-corrected chi connectivity index (χ3v) is 21.7. The molecule has 4 saturated carbocycles. The van der Waals surface area contributed by atoms with E-state index in [2.05, 4.69) is 80.4 Å². The van der Waals surface area contributed by atoms with Crippen molar-refractivity contribution in [3.05, 3.63) is 328 Å². The number of halogens is 6. The Morgan fingerprint density at radius 2 is 0.767 bits per heavy atom. The number of carboxylic acid groups (broad SMARTS) is 2. The van der Waals surface area contributed by atoms with Crippen LogP contribution < -0.4 is 41.0 Å². The van der Waals surface area contributed by atoms with Crippen molar-refractivity contribution in [2.75, 3.05) is 48.5 Å². The van der Waals surface area contributed by atoms with Gasteiger partial charge >= 0.3 is 11.9 Å². The number of carbonyl (C=O) groups excluding carboxylic acids is 2. The van der Waals surface area contributed by atoms with Gasteiger partial charge in [0.1, 0.15) is 87.3 Å². The molecule has 0 spiro atoms. The Morgan fingerprint density at radius 3 is 1.14 bits per heavy atom. The summed E-state index contributed by atoms with van der Waals surface area (Å²) in [7, 11) is 0. The first-order chi connectivity index (χ1) is 61.6. The number of nitrogens with two attached hydrogens (primary N) is 2. The monoisotopic (exact) mass is 1760 g/mol. The van der Waals surface area contributed by atoms with Gasteiger partial charge in [-0.1, -0.05) is 60.7 Å². The van der Waals surface area contributed by atoms with E-state index in [4.69, 9.17) is 35.5 Å². The number of nitrogen functional groups attached to an aromatic ring is 2. The molecule has 4 aromatic carbocycles. The molecule has 9 aromatic heterocycles. The van der Waals surface area contributed by atoms with Crippen LogP contribution >= 0.6 is 0 Å². The van der Waals surface area contributed by atoms with E-state index < -0.39 is 57.0 Å². The van der Waals surface area contributed by atoms with Crippen molar-refractivity contribution in [1.82, 2.24) is 69.8 Å². The topological polar surface area (TPSA) is 422 Å². The molecule has 9 heterocycles. The summed E-state index contributed by atoms with van der Waals surface area (Å²) in [6.07, 6.45) is 15.1. The van der Waals surface area contributed by atoms with Crippen molar-refractivity contribution >= 4 is 47.0 Å². The van der Waals surface area contributed by atoms with E-state index in [1.165, 1.54) is 85.1 Å². The minimum absolute atomic E-state index is 0.153. The fourth-order valence-electron chi connectivity index (χ4n) is 14.4. The lowest BCUT2D eigenvalue weighted by molar-refractivity contribution is -0.141. The van der Waals surface area contributed by atoms with E-state index in [0.717, 1.165) is 23.7 Å². The zero-order valence-electron chi connectivity index (χ0n) is 72.0. The Morgan fingerprint density at radius 1 is 0.380 bits per heavy atom. The molecule has 4 aliphatic rings. The smallest absolute Gasteiger partial charge is 0.314 e. The van der Waals surface area contributed by atoms with Crippen LogP contribution in [0.15, 0.2) is 213 Å². The van der Waals surface area contributed by atoms with Gasteiger partial charge in [0.15, 0.2) is 28.7 Å². The molecule has 35 heteroatoms. The molecule has 8 atom stereocenters. The van der Waals surface area contributed by atoms with E-state index in [0.29, 0.717) is 135 Å². The summed E-state index contributed by atoms with van der Waals surface area (Å²) < 4.78 is 103. The van der Waals surface area contributed by atoms with Crippen LogP contribution in [0.5, 0.6) is 28.7 Å². The molecule has 0 aliphatic heterocycles. The third-order valence-electron chi connectivity index (χ3n) is 21.7. The summed E-state index contributed by atoms with van der Waals surface area (Å²) in [5, 5.41) is 33.4. The first-order valence-corrected chi connectivity index (χ1v) is 40.5. The Hall–Kier alpha value is -15.1. The third kappa shape index (κ3) is 25.0. The zero-order valence-corrected chi connectivity index (χ0v) is 72.0. The Labute approximate surface area is 738 Å². The number of anilines is 4. The van der Waals surface area contributed by atoms with Crippen molar-refractivity contribution in [3.8, 4) is 28.7 Å².